The highest BCUT2D eigenvalue weighted by Crippen LogP contribution is 2.30. The van der Waals surface area contributed by atoms with Crippen LogP contribution < -0.4 is 14.2 Å². The van der Waals surface area contributed by atoms with E-state index in [1.165, 1.54) is 0 Å². The molecule has 0 aliphatic rings. The van der Waals surface area contributed by atoms with Crippen molar-refractivity contribution in [1.82, 2.24) is 0 Å². The van der Waals surface area contributed by atoms with E-state index in [0.717, 1.165) is 28.4 Å². The van der Waals surface area contributed by atoms with Gasteiger partial charge in [-0.25, -0.2) is 0 Å². The largest absolute Gasteiger partial charge is 0.497 e. The van der Waals surface area contributed by atoms with E-state index in [2.05, 4.69) is 0 Å². The van der Waals surface area contributed by atoms with Gasteiger partial charge in [-0.3, -0.25) is 4.79 Å². The quantitative estimate of drug-likeness (QED) is 0.767. The predicted octanol–water partition coefficient (Wildman–Crippen LogP) is 3.45. The van der Waals surface area contributed by atoms with Crippen LogP contribution in [0.2, 0.25) is 0 Å². The minimum absolute atomic E-state index is 0.0376. The van der Waals surface area contributed by atoms with Crippen molar-refractivity contribution in [2.45, 2.75) is 13.3 Å². The van der Waals surface area contributed by atoms with Crippen LogP contribution in [0.4, 0.5) is 0 Å². The van der Waals surface area contributed by atoms with E-state index in [0.29, 0.717) is 12.0 Å². The second-order valence-corrected chi connectivity index (χ2v) is 4.95. The second-order valence-electron chi connectivity index (χ2n) is 4.95. The van der Waals surface area contributed by atoms with Gasteiger partial charge in [0.15, 0.2) is 5.78 Å². The molecule has 22 heavy (non-hydrogen) atoms. The van der Waals surface area contributed by atoms with E-state index < -0.39 is 0 Å². The SMILES string of the molecule is COc1ccc(C(=O)Cc2cc(OC)c(C)c(OC)c2)cc1. The van der Waals surface area contributed by atoms with Crippen molar-refractivity contribution in [1.29, 1.82) is 0 Å². The number of carbonyl (C=O) groups is 1. The van der Waals surface area contributed by atoms with Crippen LogP contribution in [0.3, 0.4) is 0 Å². The fourth-order valence-electron chi connectivity index (χ4n) is 2.31. The number of benzene rings is 2. The van der Waals surface area contributed by atoms with Gasteiger partial charge in [0.25, 0.3) is 0 Å². The Kier molecular flexibility index (Phi) is 5.04. The molecule has 0 unspecified atom stereocenters. The maximum Gasteiger partial charge on any atom is 0.167 e. The van der Waals surface area contributed by atoms with Crippen LogP contribution in [0.25, 0.3) is 0 Å². The Balaban J connectivity index is 2.23. The van der Waals surface area contributed by atoms with Gasteiger partial charge in [0.05, 0.1) is 21.3 Å². The molecule has 116 valence electrons. The van der Waals surface area contributed by atoms with Gasteiger partial charge >= 0.3 is 0 Å². The number of methoxy groups -OCH3 is 3. The average Bonchev–Trinajstić information content (AvgIpc) is 2.56. The highest BCUT2D eigenvalue weighted by molar-refractivity contribution is 5.97. The lowest BCUT2D eigenvalue weighted by molar-refractivity contribution is 0.0993. The number of carbonyl (C=O) groups excluding carboxylic acids is 1. The first-order chi connectivity index (χ1) is 10.6. The lowest BCUT2D eigenvalue weighted by Gasteiger charge is -2.12. The molecule has 0 spiro atoms. The van der Waals surface area contributed by atoms with Gasteiger partial charge in [-0.05, 0) is 48.9 Å². The standard InChI is InChI=1S/C18H20O4/c1-12-17(21-3)10-13(11-18(12)22-4)9-16(19)14-5-7-15(20-2)8-6-14/h5-8,10-11H,9H2,1-4H3. The van der Waals surface area contributed by atoms with Crippen LogP contribution in [-0.2, 0) is 6.42 Å². The third-order valence-electron chi connectivity index (χ3n) is 3.59. The van der Waals surface area contributed by atoms with E-state index in [1.807, 2.05) is 19.1 Å². The van der Waals surface area contributed by atoms with Crippen molar-refractivity contribution in [3.05, 3.63) is 53.1 Å². The molecule has 0 N–H and O–H groups in total. The monoisotopic (exact) mass is 300 g/mol. The topological polar surface area (TPSA) is 44.8 Å². The van der Waals surface area contributed by atoms with Crippen LogP contribution >= 0.6 is 0 Å². The molecule has 0 aromatic heterocycles. The van der Waals surface area contributed by atoms with Crippen LogP contribution in [0.15, 0.2) is 36.4 Å². The summed E-state index contributed by atoms with van der Waals surface area (Å²) in [5.74, 6) is 2.21. The number of ketones is 1. The summed E-state index contributed by atoms with van der Waals surface area (Å²) in [6, 6.07) is 10.8. The summed E-state index contributed by atoms with van der Waals surface area (Å²) < 4.78 is 15.8. The Hall–Kier alpha value is -2.49. The van der Waals surface area contributed by atoms with Crippen molar-refractivity contribution in [2.75, 3.05) is 21.3 Å². The first-order valence-electron chi connectivity index (χ1n) is 6.97. The van der Waals surface area contributed by atoms with E-state index >= 15 is 0 Å². The van der Waals surface area contributed by atoms with Gasteiger partial charge in [0, 0.05) is 17.5 Å². The van der Waals surface area contributed by atoms with Crippen LogP contribution in [0.5, 0.6) is 17.2 Å². The van der Waals surface area contributed by atoms with E-state index in [-0.39, 0.29) is 5.78 Å². The molecule has 0 saturated heterocycles. The summed E-state index contributed by atoms with van der Waals surface area (Å²) in [6.45, 7) is 1.92. The van der Waals surface area contributed by atoms with Gasteiger partial charge in [0.1, 0.15) is 17.2 Å². The lowest BCUT2D eigenvalue weighted by Crippen LogP contribution is -2.05. The Morgan fingerprint density at radius 2 is 1.45 bits per heavy atom. The zero-order chi connectivity index (χ0) is 16.1. The van der Waals surface area contributed by atoms with Crippen molar-refractivity contribution < 1.29 is 19.0 Å². The van der Waals surface area contributed by atoms with E-state index in [9.17, 15) is 4.79 Å². The van der Waals surface area contributed by atoms with Crippen LogP contribution in [-0.4, -0.2) is 27.1 Å². The first kappa shape index (κ1) is 15.9. The summed E-state index contributed by atoms with van der Waals surface area (Å²) in [4.78, 5) is 12.4. The molecule has 0 atom stereocenters. The van der Waals surface area contributed by atoms with E-state index in [4.69, 9.17) is 14.2 Å². The highest BCUT2D eigenvalue weighted by Gasteiger charge is 2.12. The van der Waals surface area contributed by atoms with Gasteiger partial charge < -0.3 is 14.2 Å². The summed E-state index contributed by atoms with van der Waals surface area (Å²) >= 11 is 0. The normalized spacial score (nSPS) is 10.2. The number of rotatable bonds is 6. The second kappa shape index (κ2) is 6.98. The molecule has 2 aromatic rings. The number of hydrogen-bond donors (Lipinski definition) is 0. The van der Waals surface area contributed by atoms with Gasteiger partial charge in [0.2, 0.25) is 0 Å². The lowest BCUT2D eigenvalue weighted by atomic mass is 10.0. The third kappa shape index (κ3) is 3.39. The Morgan fingerprint density at radius 1 is 0.909 bits per heavy atom. The maximum atomic E-state index is 12.4. The average molecular weight is 300 g/mol. The molecule has 0 saturated carbocycles. The van der Waals surface area contributed by atoms with Gasteiger partial charge in [-0.15, -0.1) is 0 Å². The number of ether oxygens (including phenoxy) is 3. The Morgan fingerprint density at radius 3 is 1.91 bits per heavy atom. The van der Waals surface area contributed by atoms with Crippen molar-refractivity contribution in [2.24, 2.45) is 0 Å². The number of hydrogen-bond acceptors (Lipinski definition) is 4. The Bertz CT molecular complexity index is 634. The molecule has 4 heteroatoms. The molecule has 0 bridgehead atoms. The van der Waals surface area contributed by atoms with Crippen molar-refractivity contribution >= 4 is 5.78 Å². The fraction of sp³-hybridized carbons (Fsp3) is 0.278. The molecule has 0 amide bonds. The van der Waals surface area contributed by atoms with Crippen LogP contribution in [0.1, 0.15) is 21.5 Å². The highest BCUT2D eigenvalue weighted by atomic mass is 16.5. The Labute approximate surface area is 130 Å². The van der Waals surface area contributed by atoms with E-state index in [1.54, 1.807) is 45.6 Å². The minimum atomic E-state index is 0.0376. The summed E-state index contributed by atoms with van der Waals surface area (Å²) in [5.41, 5.74) is 2.44. The fourth-order valence-corrected chi connectivity index (χ4v) is 2.31. The molecule has 2 rings (SSSR count). The predicted molar refractivity (Wildman–Crippen MR) is 85.3 cm³/mol. The van der Waals surface area contributed by atoms with Crippen molar-refractivity contribution in [3.8, 4) is 17.2 Å². The molecule has 0 fully saturated rings. The summed E-state index contributed by atoms with van der Waals surface area (Å²) in [7, 11) is 4.81. The summed E-state index contributed by atoms with van der Waals surface area (Å²) in [6.07, 6.45) is 0.291. The van der Waals surface area contributed by atoms with Gasteiger partial charge in [-0.1, -0.05) is 0 Å². The molecule has 0 radical (unpaired) electrons. The molecular weight excluding hydrogens is 280 g/mol. The molecule has 4 nitrogen and oxygen atoms in total. The van der Waals surface area contributed by atoms with Crippen LogP contribution in [0, 0.1) is 6.92 Å². The minimum Gasteiger partial charge on any atom is -0.497 e. The maximum absolute atomic E-state index is 12.4. The zero-order valence-electron chi connectivity index (χ0n) is 13.3. The molecule has 2 aromatic carbocycles. The summed E-state index contributed by atoms with van der Waals surface area (Å²) in [5, 5.41) is 0. The smallest absolute Gasteiger partial charge is 0.167 e. The van der Waals surface area contributed by atoms with Gasteiger partial charge in [-0.2, -0.15) is 0 Å². The number of Topliss-reactive ketones (excluding diaryl/α,β-unsaturated/α-hetero) is 1. The molecule has 0 heterocycles. The molecule has 0 aliphatic heterocycles. The zero-order valence-corrected chi connectivity index (χ0v) is 13.3. The van der Waals surface area contributed by atoms with Crippen molar-refractivity contribution in [3.63, 3.8) is 0 Å². The molecule has 0 aliphatic carbocycles. The first-order valence-corrected chi connectivity index (χ1v) is 6.97. The third-order valence-corrected chi connectivity index (χ3v) is 3.59. The molecular formula is C18H20O4.